The van der Waals surface area contributed by atoms with Crippen LogP contribution >= 0.6 is 0 Å². The molecule has 0 spiro atoms. The van der Waals surface area contributed by atoms with Gasteiger partial charge >= 0.3 is 0 Å². The fraction of sp³-hybridized carbons (Fsp3) is 0.516. The Kier molecular flexibility index (Phi) is 7.39. The Morgan fingerprint density at radius 3 is 2.66 bits per heavy atom. The summed E-state index contributed by atoms with van der Waals surface area (Å²) in [6.07, 6.45) is 8.85. The van der Waals surface area contributed by atoms with E-state index in [0.717, 1.165) is 69.1 Å². The molecule has 3 aliphatic rings. The SMILES string of the molecule is CCC1CCN(C2CCN(c3ccc(-n4ccc5cc(OCC6CCCO6)ccc5c4=O)cc3F)C2)CC1. The number of pyridine rings is 1. The van der Waals surface area contributed by atoms with Gasteiger partial charge in [0, 0.05) is 43.4 Å². The number of benzene rings is 2. The van der Waals surface area contributed by atoms with E-state index in [2.05, 4.69) is 16.7 Å². The number of hydrogen-bond acceptors (Lipinski definition) is 5. The van der Waals surface area contributed by atoms with Gasteiger partial charge in [0.05, 0.1) is 17.5 Å². The van der Waals surface area contributed by atoms with Crippen LogP contribution in [0.2, 0.25) is 0 Å². The third kappa shape index (κ3) is 5.19. The van der Waals surface area contributed by atoms with E-state index < -0.39 is 0 Å². The maximum Gasteiger partial charge on any atom is 0.262 e. The first-order valence-electron chi connectivity index (χ1n) is 14.3. The zero-order valence-electron chi connectivity index (χ0n) is 22.3. The van der Waals surface area contributed by atoms with Crippen LogP contribution in [0.25, 0.3) is 16.5 Å². The van der Waals surface area contributed by atoms with Crippen molar-refractivity contribution in [2.24, 2.45) is 5.92 Å². The molecule has 6 rings (SSSR count). The summed E-state index contributed by atoms with van der Waals surface area (Å²) in [5, 5.41) is 1.38. The molecule has 3 saturated heterocycles. The Bertz CT molecular complexity index is 1330. The first-order valence-corrected chi connectivity index (χ1v) is 14.3. The van der Waals surface area contributed by atoms with E-state index >= 15 is 4.39 Å². The van der Waals surface area contributed by atoms with Crippen LogP contribution in [0.1, 0.15) is 45.4 Å². The average molecular weight is 520 g/mol. The molecule has 4 heterocycles. The van der Waals surface area contributed by atoms with Gasteiger partial charge < -0.3 is 14.4 Å². The normalized spacial score (nSPS) is 22.9. The summed E-state index contributed by atoms with van der Waals surface area (Å²) >= 11 is 0. The molecule has 2 aromatic carbocycles. The van der Waals surface area contributed by atoms with Crippen LogP contribution in [0.5, 0.6) is 5.75 Å². The molecule has 3 aromatic rings. The third-order valence-corrected chi connectivity index (χ3v) is 8.79. The summed E-state index contributed by atoms with van der Waals surface area (Å²) in [7, 11) is 0. The van der Waals surface area contributed by atoms with Crippen molar-refractivity contribution in [1.29, 1.82) is 0 Å². The minimum atomic E-state index is -0.280. The second-order valence-electron chi connectivity index (χ2n) is 11.1. The number of aromatic nitrogens is 1. The van der Waals surface area contributed by atoms with Gasteiger partial charge in [0.15, 0.2) is 0 Å². The quantitative estimate of drug-likeness (QED) is 0.419. The molecular weight excluding hydrogens is 481 g/mol. The summed E-state index contributed by atoms with van der Waals surface area (Å²) in [5.74, 6) is 1.30. The highest BCUT2D eigenvalue weighted by Gasteiger charge is 2.31. The number of piperidine rings is 1. The highest BCUT2D eigenvalue weighted by Crippen LogP contribution is 2.30. The lowest BCUT2D eigenvalue weighted by Crippen LogP contribution is -2.42. The molecule has 1 aromatic heterocycles. The highest BCUT2D eigenvalue weighted by molar-refractivity contribution is 5.83. The van der Waals surface area contributed by atoms with E-state index in [-0.39, 0.29) is 17.5 Å². The molecule has 3 aliphatic heterocycles. The molecule has 3 fully saturated rings. The number of ether oxygens (including phenoxy) is 2. The molecular formula is C31H38FN3O3. The number of rotatable bonds is 7. The Morgan fingerprint density at radius 2 is 1.89 bits per heavy atom. The van der Waals surface area contributed by atoms with Gasteiger partial charge in [-0.1, -0.05) is 13.3 Å². The van der Waals surface area contributed by atoms with E-state index in [9.17, 15) is 4.79 Å². The number of halogens is 1. The molecule has 0 radical (unpaired) electrons. The van der Waals surface area contributed by atoms with E-state index in [4.69, 9.17) is 9.47 Å². The van der Waals surface area contributed by atoms with Crippen molar-refractivity contribution in [2.45, 2.75) is 57.6 Å². The van der Waals surface area contributed by atoms with Crippen molar-refractivity contribution >= 4 is 16.5 Å². The molecule has 0 amide bonds. The molecule has 38 heavy (non-hydrogen) atoms. The smallest absolute Gasteiger partial charge is 0.262 e. The van der Waals surface area contributed by atoms with E-state index in [1.54, 1.807) is 12.3 Å². The maximum atomic E-state index is 15.4. The van der Waals surface area contributed by atoms with Crippen LogP contribution in [-0.4, -0.2) is 61.0 Å². The highest BCUT2D eigenvalue weighted by atomic mass is 19.1. The molecule has 2 unspecified atom stereocenters. The summed E-state index contributed by atoms with van der Waals surface area (Å²) in [6, 6.07) is 13.0. The first-order chi connectivity index (χ1) is 18.6. The predicted molar refractivity (Wildman–Crippen MR) is 149 cm³/mol. The average Bonchev–Trinajstić information content (AvgIpc) is 3.65. The van der Waals surface area contributed by atoms with E-state index in [0.29, 0.717) is 29.4 Å². The third-order valence-electron chi connectivity index (χ3n) is 8.79. The molecule has 6 nitrogen and oxygen atoms in total. The van der Waals surface area contributed by atoms with Gasteiger partial charge in [0.25, 0.3) is 5.56 Å². The van der Waals surface area contributed by atoms with E-state index in [1.165, 1.54) is 29.9 Å². The maximum absolute atomic E-state index is 15.4. The fourth-order valence-electron chi connectivity index (χ4n) is 6.37. The Hall–Kier alpha value is -2.90. The van der Waals surface area contributed by atoms with Crippen LogP contribution in [-0.2, 0) is 4.74 Å². The lowest BCUT2D eigenvalue weighted by Gasteiger charge is -2.35. The summed E-state index contributed by atoms with van der Waals surface area (Å²) in [4.78, 5) is 18.1. The standard InChI is InChI=1S/C31H38FN3O3/c1-2-22-9-13-33(14-10-22)25-12-15-34(20-25)30-8-5-24(19-29(30)32)35-16-11-23-18-26(6-7-28(23)31(35)36)38-21-27-4-3-17-37-27/h5-8,11,16,18-19,22,25,27H,2-4,9-10,12-15,17,20-21H2,1H3. The molecule has 0 bridgehead atoms. The fourth-order valence-corrected chi connectivity index (χ4v) is 6.37. The van der Waals surface area contributed by atoms with Crippen LogP contribution in [0.15, 0.2) is 53.5 Å². The van der Waals surface area contributed by atoms with Gasteiger partial charge in [-0.15, -0.1) is 0 Å². The predicted octanol–water partition coefficient (Wildman–Crippen LogP) is 5.39. The van der Waals surface area contributed by atoms with Crippen molar-refractivity contribution in [3.8, 4) is 11.4 Å². The second kappa shape index (κ2) is 11.1. The number of hydrogen-bond donors (Lipinski definition) is 0. The lowest BCUT2D eigenvalue weighted by atomic mass is 9.93. The van der Waals surface area contributed by atoms with Gasteiger partial charge in [-0.05, 0) is 92.9 Å². The first kappa shape index (κ1) is 25.4. The molecule has 0 aliphatic carbocycles. The van der Waals surface area contributed by atoms with Crippen molar-refractivity contribution in [1.82, 2.24) is 9.47 Å². The summed E-state index contributed by atoms with van der Waals surface area (Å²) in [6.45, 7) is 7.64. The van der Waals surface area contributed by atoms with Crippen LogP contribution in [0.4, 0.5) is 10.1 Å². The van der Waals surface area contributed by atoms with Crippen LogP contribution in [0.3, 0.4) is 0 Å². The van der Waals surface area contributed by atoms with Gasteiger partial charge in [-0.25, -0.2) is 4.39 Å². The van der Waals surface area contributed by atoms with Gasteiger partial charge in [-0.3, -0.25) is 14.3 Å². The Labute approximate surface area is 223 Å². The van der Waals surface area contributed by atoms with Crippen molar-refractivity contribution < 1.29 is 13.9 Å². The van der Waals surface area contributed by atoms with Gasteiger partial charge in [0.1, 0.15) is 18.2 Å². The summed E-state index contributed by atoms with van der Waals surface area (Å²) < 4.78 is 28.4. The van der Waals surface area contributed by atoms with Crippen LogP contribution < -0.4 is 15.2 Å². The monoisotopic (exact) mass is 519 g/mol. The van der Waals surface area contributed by atoms with Gasteiger partial charge in [-0.2, -0.15) is 0 Å². The molecule has 7 heteroatoms. The molecule has 0 N–H and O–H groups in total. The van der Waals surface area contributed by atoms with Crippen LogP contribution in [0, 0.1) is 11.7 Å². The Balaban J connectivity index is 1.15. The summed E-state index contributed by atoms with van der Waals surface area (Å²) in [5.41, 5.74) is 0.993. The molecule has 202 valence electrons. The molecule has 0 saturated carbocycles. The van der Waals surface area contributed by atoms with Crippen molar-refractivity contribution in [3.05, 3.63) is 64.8 Å². The zero-order chi connectivity index (χ0) is 26.1. The largest absolute Gasteiger partial charge is 0.491 e. The number of anilines is 1. The van der Waals surface area contributed by atoms with E-state index in [1.807, 2.05) is 30.3 Å². The molecule has 2 atom stereocenters. The van der Waals surface area contributed by atoms with Crippen molar-refractivity contribution in [3.63, 3.8) is 0 Å². The zero-order valence-corrected chi connectivity index (χ0v) is 22.3. The minimum absolute atomic E-state index is 0.140. The number of likely N-dealkylation sites (tertiary alicyclic amines) is 1. The second-order valence-corrected chi connectivity index (χ2v) is 11.1. The number of fused-ring (bicyclic) bond motifs is 1. The van der Waals surface area contributed by atoms with Gasteiger partial charge in [0.2, 0.25) is 0 Å². The van der Waals surface area contributed by atoms with Crippen molar-refractivity contribution in [2.75, 3.05) is 44.3 Å². The lowest BCUT2D eigenvalue weighted by molar-refractivity contribution is 0.0680. The minimum Gasteiger partial charge on any atom is -0.491 e. The Morgan fingerprint density at radius 1 is 1.03 bits per heavy atom. The number of nitrogens with zero attached hydrogens (tertiary/aromatic N) is 3. The topological polar surface area (TPSA) is 46.9 Å².